The summed E-state index contributed by atoms with van der Waals surface area (Å²) in [5.74, 6) is 0. The third-order valence-corrected chi connectivity index (χ3v) is 11.6. The number of hydrogen-bond acceptors (Lipinski definition) is 0. The molecule has 0 saturated heterocycles. The fourth-order valence-electron chi connectivity index (χ4n) is 1.76. The summed E-state index contributed by atoms with van der Waals surface area (Å²) in [6.45, 7) is 7.12. The Balaban J connectivity index is 3.05. The van der Waals surface area contributed by atoms with Gasteiger partial charge in [0.25, 0.3) is 0 Å². The molecule has 0 radical (unpaired) electrons. The van der Waals surface area contributed by atoms with Gasteiger partial charge in [-0.1, -0.05) is 0 Å². The summed E-state index contributed by atoms with van der Waals surface area (Å²) >= 11 is -0.774. The fourth-order valence-corrected chi connectivity index (χ4v) is 7.34. The number of hydrogen-bond donors (Lipinski definition) is 0. The molecular weight excluding hydrogens is 263 g/mol. The Hall–Kier alpha value is 0.799. The SMILES string of the molecule is CCCCCCC[CH2][Sn+]([CH2]C)[CH2]C. The van der Waals surface area contributed by atoms with Crippen molar-refractivity contribution in [3.8, 4) is 0 Å². The van der Waals surface area contributed by atoms with Gasteiger partial charge in [0, 0.05) is 0 Å². The molecule has 0 unspecified atom stereocenters. The van der Waals surface area contributed by atoms with E-state index in [4.69, 9.17) is 0 Å². The van der Waals surface area contributed by atoms with Gasteiger partial charge in [0.15, 0.2) is 0 Å². The maximum absolute atomic E-state index is 2.41. The summed E-state index contributed by atoms with van der Waals surface area (Å²) in [6, 6.07) is 0. The van der Waals surface area contributed by atoms with Crippen LogP contribution in [0.25, 0.3) is 0 Å². The second-order valence-corrected chi connectivity index (χ2v) is 13.7. The van der Waals surface area contributed by atoms with E-state index in [9.17, 15) is 0 Å². The van der Waals surface area contributed by atoms with Crippen LogP contribution in [0.5, 0.6) is 0 Å². The van der Waals surface area contributed by atoms with E-state index in [1.807, 2.05) is 0 Å². The van der Waals surface area contributed by atoms with Crippen molar-refractivity contribution in [2.24, 2.45) is 0 Å². The van der Waals surface area contributed by atoms with Gasteiger partial charge in [0.1, 0.15) is 0 Å². The maximum atomic E-state index is 2.41. The van der Waals surface area contributed by atoms with E-state index in [2.05, 4.69) is 20.8 Å². The first kappa shape index (κ1) is 13.8. The number of unbranched alkanes of at least 4 members (excludes halogenated alkanes) is 5. The van der Waals surface area contributed by atoms with Crippen LogP contribution in [0, 0.1) is 0 Å². The van der Waals surface area contributed by atoms with Crippen molar-refractivity contribution in [2.75, 3.05) is 0 Å². The van der Waals surface area contributed by atoms with Crippen molar-refractivity contribution >= 4 is 19.8 Å². The van der Waals surface area contributed by atoms with Crippen molar-refractivity contribution in [1.29, 1.82) is 0 Å². The molecule has 0 aliphatic rings. The second-order valence-electron chi connectivity index (χ2n) is 3.97. The standard InChI is InChI=1S/C8H17.2C2H5.Sn/c1-3-5-7-8-6-4-2;2*1-2;/h1,3-8H2,2H3;2*1H2,2H3;/q;;;+1. The zero-order chi connectivity index (χ0) is 9.94. The average Bonchev–Trinajstić information content (AvgIpc) is 2.17. The van der Waals surface area contributed by atoms with E-state index in [0.717, 1.165) is 0 Å². The molecule has 0 aromatic carbocycles. The second kappa shape index (κ2) is 10.9. The normalized spacial score (nSPS) is 10.4. The summed E-state index contributed by atoms with van der Waals surface area (Å²) in [6.07, 6.45) is 8.88. The first-order chi connectivity index (χ1) is 6.35. The summed E-state index contributed by atoms with van der Waals surface area (Å²) in [5.41, 5.74) is 0. The molecule has 0 aliphatic heterocycles. The van der Waals surface area contributed by atoms with Crippen molar-refractivity contribution in [3.05, 3.63) is 0 Å². The van der Waals surface area contributed by atoms with Crippen LogP contribution in [0.3, 0.4) is 0 Å². The molecule has 0 aromatic rings. The van der Waals surface area contributed by atoms with Crippen LogP contribution < -0.4 is 0 Å². The van der Waals surface area contributed by atoms with Gasteiger partial charge in [-0.3, -0.25) is 0 Å². The summed E-state index contributed by atoms with van der Waals surface area (Å²) < 4.78 is 4.82. The molecule has 0 saturated carbocycles. The van der Waals surface area contributed by atoms with Crippen molar-refractivity contribution in [1.82, 2.24) is 0 Å². The van der Waals surface area contributed by atoms with Crippen LogP contribution in [0.15, 0.2) is 0 Å². The molecule has 0 amide bonds. The van der Waals surface area contributed by atoms with Crippen LogP contribution in [0.2, 0.25) is 13.3 Å². The van der Waals surface area contributed by atoms with Crippen molar-refractivity contribution in [2.45, 2.75) is 72.6 Å². The molecule has 0 spiro atoms. The van der Waals surface area contributed by atoms with Crippen LogP contribution >= 0.6 is 0 Å². The topological polar surface area (TPSA) is 0 Å². The van der Waals surface area contributed by atoms with Gasteiger partial charge in [-0.05, 0) is 0 Å². The van der Waals surface area contributed by atoms with Gasteiger partial charge < -0.3 is 0 Å². The third-order valence-electron chi connectivity index (χ3n) is 2.88. The molecular formula is C12H27Sn+. The van der Waals surface area contributed by atoms with E-state index in [0.29, 0.717) is 0 Å². The first-order valence-corrected chi connectivity index (χ1v) is 12.2. The predicted octanol–water partition coefficient (Wildman–Crippen LogP) is 4.88. The summed E-state index contributed by atoms with van der Waals surface area (Å²) in [5, 5.41) is 0. The van der Waals surface area contributed by atoms with Crippen molar-refractivity contribution in [3.63, 3.8) is 0 Å². The molecule has 0 bridgehead atoms. The van der Waals surface area contributed by atoms with Crippen LogP contribution in [-0.2, 0) is 0 Å². The van der Waals surface area contributed by atoms with E-state index in [-0.39, 0.29) is 0 Å². The molecule has 0 N–H and O–H groups in total. The minimum atomic E-state index is -0.774. The van der Waals surface area contributed by atoms with E-state index >= 15 is 0 Å². The zero-order valence-electron chi connectivity index (χ0n) is 9.86. The molecule has 0 nitrogen and oxygen atoms in total. The van der Waals surface area contributed by atoms with Gasteiger partial charge >= 0.3 is 92.4 Å². The van der Waals surface area contributed by atoms with E-state index < -0.39 is 19.8 Å². The minimum absolute atomic E-state index is 0.774. The Morgan fingerprint density at radius 1 is 0.692 bits per heavy atom. The van der Waals surface area contributed by atoms with Gasteiger partial charge in [-0.15, -0.1) is 0 Å². The van der Waals surface area contributed by atoms with Crippen LogP contribution in [-0.4, -0.2) is 19.8 Å². The monoisotopic (exact) mass is 291 g/mol. The molecule has 0 heterocycles. The molecule has 0 atom stereocenters. The van der Waals surface area contributed by atoms with E-state index in [1.165, 1.54) is 32.1 Å². The fraction of sp³-hybridized carbons (Fsp3) is 1.00. The number of rotatable bonds is 9. The summed E-state index contributed by atoms with van der Waals surface area (Å²) in [7, 11) is 0. The van der Waals surface area contributed by atoms with Gasteiger partial charge in [-0.2, -0.15) is 0 Å². The zero-order valence-corrected chi connectivity index (χ0v) is 12.7. The van der Waals surface area contributed by atoms with Crippen molar-refractivity contribution < 1.29 is 0 Å². The Kier molecular flexibility index (Phi) is 11.5. The molecule has 1 heteroatoms. The Bertz CT molecular complexity index is 87.1. The molecule has 0 fully saturated rings. The molecule has 0 aliphatic carbocycles. The predicted molar refractivity (Wildman–Crippen MR) is 64.9 cm³/mol. The quantitative estimate of drug-likeness (QED) is 0.419. The Labute approximate surface area is 92.2 Å². The average molecular weight is 290 g/mol. The first-order valence-electron chi connectivity index (χ1n) is 6.18. The Morgan fingerprint density at radius 2 is 1.23 bits per heavy atom. The molecule has 78 valence electrons. The third kappa shape index (κ3) is 9.11. The Morgan fingerprint density at radius 3 is 1.77 bits per heavy atom. The van der Waals surface area contributed by atoms with Gasteiger partial charge in [-0.25, -0.2) is 0 Å². The van der Waals surface area contributed by atoms with E-state index in [1.54, 1.807) is 19.7 Å². The molecule has 0 rings (SSSR count). The van der Waals surface area contributed by atoms with Crippen LogP contribution in [0.4, 0.5) is 0 Å². The molecule has 13 heavy (non-hydrogen) atoms. The van der Waals surface area contributed by atoms with Gasteiger partial charge in [0.2, 0.25) is 0 Å². The summed E-state index contributed by atoms with van der Waals surface area (Å²) in [4.78, 5) is 0. The van der Waals surface area contributed by atoms with Gasteiger partial charge in [0.05, 0.1) is 0 Å². The molecule has 0 aromatic heterocycles. The van der Waals surface area contributed by atoms with Crippen LogP contribution in [0.1, 0.15) is 59.3 Å².